The molecule has 8 heteroatoms. The van der Waals surface area contributed by atoms with Crippen LogP contribution in [0.5, 0.6) is 5.75 Å². The molecule has 2 aromatic rings. The van der Waals surface area contributed by atoms with Crippen LogP contribution in [-0.2, 0) is 12.3 Å². The molecule has 0 saturated heterocycles. The number of amides is 1. The average molecular weight is 370 g/mol. The van der Waals surface area contributed by atoms with E-state index in [2.05, 4.69) is 10.6 Å². The lowest BCUT2D eigenvalue weighted by atomic mass is 10.2. The molecule has 0 aliphatic heterocycles. The zero-order valence-corrected chi connectivity index (χ0v) is 14.3. The summed E-state index contributed by atoms with van der Waals surface area (Å²) in [5.41, 5.74) is 0.415. The van der Waals surface area contributed by atoms with Crippen LogP contribution in [0.1, 0.15) is 28.3 Å². The van der Waals surface area contributed by atoms with Crippen molar-refractivity contribution in [2.45, 2.75) is 24.5 Å². The summed E-state index contributed by atoms with van der Waals surface area (Å²) < 4.78 is 29.6. The summed E-state index contributed by atoms with van der Waals surface area (Å²) >= 11 is 0.531. The third-order valence-electron chi connectivity index (χ3n) is 3.29. The van der Waals surface area contributed by atoms with Gasteiger partial charge in [0.1, 0.15) is 17.3 Å². The van der Waals surface area contributed by atoms with E-state index in [1.807, 2.05) is 0 Å². The van der Waals surface area contributed by atoms with Crippen molar-refractivity contribution in [2.75, 3.05) is 13.1 Å². The number of halogens is 2. The molecule has 1 aromatic carbocycles. The first kappa shape index (κ1) is 19.3. The molecule has 0 unspecified atom stereocenters. The number of alkyl halides is 2. The quantitative estimate of drug-likeness (QED) is 0.559. The zero-order chi connectivity index (χ0) is 18.1. The van der Waals surface area contributed by atoms with Gasteiger partial charge in [-0.3, -0.25) is 4.79 Å². The highest BCUT2D eigenvalue weighted by molar-refractivity contribution is 7.98. The van der Waals surface area contributed by atoms with E-state index < -0.39 is 5.76 Å². The highest BCUT2D eigenvalue weighted by Gasteiger charge is 2.07. The van der Waals surface area contributed by atoms with Gasteiger partial charge in [0.05, 0.1) is 12.3 Å². The van der Waals surface area contributed by atoms with Crippen molar-refractivity contribution in [1.82, 2.24) is 10.6 Å². The van der Waals surface area contributed by atoms with E-state index in [0.717, 1.165) is 6.42 Å². The maximum absolute atomic E-state index is 12.1. The predicted molar refractivity (Wildman–Crippen MR) is 92.8 cm³/mol. The molecule has 0 aliphatic carbocycles. The number of phenols is 1. The second kappa shape index (κ2) is 10.0. The van der Waals surface area contributed by atoms with Crippen molar-refractivity contribution < 1.29 is 23.1 Å². The Morgan fingerprint density at radius 1 is 1.20 bits per heavy atom. The number of hydrogen-bond donors (Lipinski definition) is 3. The Bertz CT molecular complexity index is 679. The van der Waals surface area contributed by atoms with Crippen LogP contribution in [0.2, 0.25) is 0 Å². The molecule has 1 amide bonds. The standard InChI is InChI=1S/C17H20F2N2O3S/c18-17(19)25-11-15-6-5-14(24-15)10-20-7-2-8-21-16(23)12-3-1-4-13(22)9-12/h1,3-6,9,17,20,22H,2,7-8,10-11H2,(H,21,23). The Morgan fingerprint density at radius 2 is 2.00 bits per heavy atom. The minimum Gasteiger partial charge on any atom is -0.508 e. The first-order valence-electron chi connectivity index (χ1n) is 7.80. The van der Waals surface area contributed by atoms with Gasteiger partial charge >= 0.3 is 0 Å². The van der Waals surface area contributed by atoms with Gasteiger partial charge < -0.3 is 20.2 Å². The largest absolute Gasteiger partial charge is 0.508 e. The van der Waals surface area contributed by atoms with E-state index >= 15 is 0 Å². The molecule has 1 heterocycles. The van der Waals surface area contributed by atoms with Crippen molar-refractivity contribution in [3.8, 4) is 5.75 Å². The molecule has 0 radical (unpaired) electrons. The van der Waals surface area contributed by atoms with E-state index in [9.17, 15) is 18.7 Å². The van der Waals surface area contributed by atoms with Gasteiger partial charge in [0, 0.05) is 12.1 Å². The normalized spacial score (nSPS) is 11.0. The van der Waals surface area contributed by atoms with Crippen LogP contribution < -0.4 is 10.6 Å². The lowest BCUT2D eigenvalue weighted by Gasteiger charge is -2.06. The highest BCUT2D eigenvalue weighted by Crippen LogP contribution is 2.21. The van der Waals surface area contributed by atoms with E-state index in [1.165, 1.54) is 12.1 Å². The molecule has 2 rings (SSSR count). The molecule has 136 valence electrons. The second-order valence-corrected chi connectivity index (χ2v) is 6.25. The van der Waals surface area contributed by atoms with Gasteiger partial charge in [-0.1, -0.05) is 17.8 Å². The number of carbonyl (C=O) groups excluding carboxylic acids is 1. The Morgan fingerprint density at radius 3 is 2.76 bits per heavy atom. The number of furan rings is 1. The molecule has 5 nitrogen and oxygen atoms in total. The van der Waals surface area contributed by atoms with Crippen LogP contribution in [-0.4, -0.2) is 29.9 Å². The Labute approximate surface area is 148 Å². The fourth-order valence-electron chi connectivity index (χ4n) is 2.12. The fourth-order valence-corrected chi connectivity index (χ4v) is 2.56. The number of benzene rings is 1. The first-order valence-corrected chi connectivity index (χ1v) is 8.85. The fraction of sp³-hybridized carbons (Fsp3) is 0.353. The van der Waals surface area contributed by atoms with E-state index in [-0.39, 0.29) is 17.4 Å². The Kier molecular flexibility index (Phi) is 7.75. The average Bonchev–Trinajstić information content (AvgIpc) is 3.03. The van der Waals surface area contributed by atoms with Crippen LogP contribution >= 0.6 is 11.8 Å². The topological polar surface area (TPSA) is 74.5 Å². The summed E-state index contributed by atoms with van der Waals surface area (Å²) in [6.07, 6.45) is 0.722. The number of hydrogen-bond acceptors (Lipinski definition) is 5. The molecule has 0 bridgehead atoms. The van der Waals surface area contributed by atoms with E-state index in [0.29, 0.717) is 48.5 Å². The summed E-state index contributed by atoms with van der Waals surface area (Å²) in [6, 6.07) is 9.62. The van der Waals surface area contributed by atoms with Gasteiger partial charge in [-0.05, 0) is 43.3 Å². The minimum atomic E-state index is -2.40. The highest BCUT2D eigenvalue weighted by atomic mass is 32.2. The molecule has 0 spiro atoms. The van der Waals surface area contributed by atoms with Crippen molar-refractivity contribution in [2.24, 2.45) is 0 Å². The maximum atomic E-state index is 12.1. The van der Waals surface area contributed by atoms with Crippen molar-refractivity contribution in [1.29, 1.82) is 0 Å². The van der Waals surface area contributed by atoms with Crippen LogP contribution in [0.25, 0.3) is 0 Å². The molecule has 3 N–H and O–H groups in total. The molecule has 0 saturated carbocycles. The van der Waals surface area contributed by atoms with Gasteiger partial charge in [0.25, 0.3) is 11.7 Å². The number of aromatic hydroxyl groups is 1. The molecular weight excluding hydrogens is 350 g/mol. The number of thioether (sulfide) groups is 1. The van der Waals surface area contributed by atoms with Crippen LogP contribution in [0, 0.1) is 0 Å². The van der Waals surface area contributed by atoms with Crippen molar-refractivity contribution >= 4 is 17.7 Å². The van der Waals surface area contributed by atoms with Gasteiger partial charge in [-0.15, -0.1) is 0 Å². The molecule has 0 aliphatic rings. The Hall–Kier alpha value is -2.06. The van der Waals surface area contributed by atoms with Gasteiger partial charge in [-0.2, -0.15) is 8.78 Å². The molecule has 1 aromatic heterocycles. The van der Waals surface area contributed by atoms with Crippen LogP contribution in [0.4, 0.5) is 8.78 Å². The Balaban J connectivity index is 1.58. The third kappa shape index (κ3) is 7.15. The molecule has 25 heavy (non-hydrogen) atoms. The van der Waals surface area contributed by atoms with Gasteiger partial charge in [0.15, 0.2) is 0 Å². The smallest absolute Gasteiger partial charge is 0.284 e. The number of phenolic OH excluding ortho intramolecular Hbond substituents is 1. The van der Waals surface area contributed by atoms with Gasteiger partial charge in [0.2, 0.25) is 0 Å². The third-order valence-corrected chi connectivity index (χ3v) is 4.00. The number of carbonyl (C=O) groups is 1. The molecule has 0 atom stereocenters. The summed E-state index contributed by atoms with van der Waals surface area (Å²) in [6.45, 7) is 1.66. The zero-order valence-electron chi connectivity index (χ0n) is 13.5. The van der Waals surface area contributed by atoms with E-state index in [1.54, 1.807) is 24.3 Å². The summed E-state index contributed by atoms with van der Waals surface area (Å²) in [5, 5.41) is 15.3. The molecule has 0 fully saturated rings. The SMILES string of the molecule is O=C(NCCCNCc1ccc(CSC(F)F)o1)c1cccc(O)c1. The lowest BCUT2D eigenvalue weighted by molar-refractivity contribution is 0.0952. The summed E-state index contributed by atoms with van der Waals surface area (Å²) in [5.74, 6) is -1.21. The van der Waals surface area contributed by atoms with Crippen LogP contribution in [0.15, 0.2) is 40.8 Å². The summed E-state index contributed by atoms with van der Waals surface area (Å²) in [4.78, 5) is 11.9. The maximum Gasteiger partial charge on any atom is 0.284 e. The van der Waals surface area contributed by atoms with Crippen LogP contribution in [0.3, 0.4) is 0 Å². The summed E-state index contributed by atoms with van der Waals surface area (Å²) in [7, 11) is 0. The molecular formula is C17H20F2N2O3S. The van der Waals surface area contributed by atoms with Crippen molar-refractivity contribution in [3.63, 3.8) is 0 Å². The van der Waals surface area contributed by atoms with Gasteiger partial charge in [-0.25, -0.2) is 0 Å². The first-order chi connectivity index (χ1) is 12.0. The monoisotopic (exact) mass is 370 g/mol. The van der Waals surface area contributed by atoms with E-state index in [4.69, 9.17) is 4.42 Å². The number of rotatable bonds is 10. The number of nitrogens with one attached hydrogen (secondary N) is 2. The lowest BCUT2D eigenvalue weighted by Crippen LogP contribution is -2.27. The minimum absolute atomic E-state index is 0.0547. The second-order valence-electron chi connectivity index (χ2n) is 5.28. The predicted octanol–water partition coefficient (Wildman–Crippen LogP) is 3.35. The van der Waals surface area contributed by atoms with Crippen molar-refractivity contribution in [3.05, 3.63) is 53.5 Å².